The number of nitrogens with one attached hydrogen (secondary N) is 1. The molecule has 0 saturated carbocycles. The van der Waals surface area contributed by atoms with E-state index < -0.39 is 0 Å². The van der Waals surface area contributed by atoms with Gasteiger partial charge in [0.25, 0.3) is 5.91 Å². The van der Waals surface area contributed by atoms with E-state index >= 15 is 0 Å². The number of carbonyl (C=O) groups is 1. The fourth-order valence-corrected chi connectivity index (χ4v) is 3.74. The summed E-state index contributed by atoms with van der Waals surface area (Å²) >= 11 is 0. The molecule has 30 heavy (non-hydrogen) atoms. The lowest BCUT2D eigenvalue weighted by Crippen LogP contribution is -2.39. The van der Waals surface area contributed by atoms with Gasteiger partial charge >= 0.3 is 0 Å². The van der Waals surface area contributed by atoms with Crippen LogP contribution in [0.25, 0.3) is 0 Å². The van der Waals surface area contributed by atoms with Crippen molar-refractivity contribution in [3.05, 3.63) is 77.4 Å². The summed E-state index contributed by atoms with van der Waals surface area (Å²) < 4.78 is 13.2. The van der Waals surface area contributed by atoms with E-state index in [4.69, 9.17) is 4.98 Å². The molecule has 3 aromatic rings. The molecular weight excluding hydrogens is 381 g/mol. The number of anilines is 2. The minimum absolute atomic E-state index is 0.0930. The number of benzene rings is 1. The van der Waals surface area contributed by atoms with Crippen molar-refractivity contribution in [2.45, 2.75) is 32.6 Å². The largest absolute Gasteiger partial charge is 0.355 e. The summed E-state index contributed by atoms with van der Waals surface area (Å²) in [4.78, 5) is 27.8. The van der Waals surface area contributed by atoms with E-state index in [2.05, 4.69) is 15.3 Å². The van der Waals surface area contributed by atoms with Crippen LogP contribution in [0.15, 0.2) is 48.8 Å². The van der Waals surface area contributed by atoms with Crippen molar-refractivity contribution in [2.24, 2.45) is 0 Å². The minimum atomic E-state index is -0.266. The first kappa shape index (κ1) is 19.9. The average molecular weight is 405 g/mol. The maximum Gasteiger partial charge on any atom is 0.274 e. The molecule has 0 spiro atoms. The molecule has 1 amide bonds. The van der Waals surface area contributed by atoms with Gasteiger partial charge in [-0.05, 0) is 63.1 Å². The highest BCUT2D eigenvalue weighted by Gasteiger charge is 2.27. The van der Waals surface area contributed by atoms with Gasteiger partial charge in [-0.3, -0.25) is 14.8 Å². The third kappa shape index (κ3) is 4.62. The lowest BCUT2D eigenvalue weighted by molar-refractivity contribution is 0.0699. The summed E-state index contributed by atoms with van der Waals surface area (Å²) in [5.41, 5.74) is 4.71. The monoisotopic (exact) mass is 405 g/mol. The van der Waals surface area contributed by atoms with Crippen molar-refractivity contribution in [1.82, 2.24) is 19.9 Å². The molecule has 1 N–H and O–H groups in total. The summed E-state index contributed by atoms with van der Waals surface area (Å²) in [7, 11) is 0. The summed E-state index contributed by atoms with van der Waals surface area (Å²) in [6.07, 6.45) is 5.03. The molecule has 1 saturated heterocycles. The number of piperidine rings is 1. The molecule has 0 radical (unpaired) electrons. The van der Waals surface area contributed by atoms with Gasteiger partial charge in [0.15, 0.2) is 0 Å². The van der Waals surface area contributed by atoms with E-state index in [-0.39, 0.29) is 17.6 Å². The first-order valence-electron chi connectivity index (χ1n) is 10.1. The summed E-state index contributed by atoms with van der Waals surface area (Å²) in [5.74, 6) is -0.211. The topological polar surface area (TPSA) is 71.0 Å². The number of likely N-dealkylation sites (tertiary alicyclic amines) is 1. The number of hydrogen-bond donors (Lipinski definition) is 1. The highest BCUT2D eigenvalue weighted by Crippen LogP contribution is 2.29. The van der Waals surface area contributed by atoms with Crippen LogP contribution in [0.1, 0.15) is 46.3 Å². The molecule has 6 nitrogen and oxygen atoms in total. The van der Waals surface area contributed by atoms with Gasteiger partial charge in [0.2, 0.25) is 0 Å². The van der Waals surface area contributed by atoms with Gasteiger partial charge in [-0.25, -0.2) is 9.37 Å². The maximum absolute atomic E-state index is 13.2. The van der Waals surface area contributed by atoms with Crippen LogP contribution in [0.4, 0.5) is 15.8 Å². The molecule has 3 heterocycles. The van der Waals surface area contributed by atoms with Crippen molar-refractivity contribution >= 4 is 17.3 Å². The number of halogens is 1. The zero-order chi connectivity index (χ0) is 21.1. The van der Waals surface area contributed by atoms with E-state index in [0.717, 1.165) is 41.3 Å². The second-order valence-electron chi connectivity index (χ2n) is 7.69. The molecule has 7 heteroatoms. The Labute approximate surface area is 175 Å². The van der Waals surface area contributed by atoms with E-state index in [9.17, 15) is 9.18 Å². The van der Waals surface area contributed by atoms with Gasteiger partial charge in [0, 0.05) is 48.0 Å². The molecule has 4 rings (SSSR count). The number of rotatable bonds is 4. The zero-order valence-electron chi connectivity index (χ0n) is 17.1. The zero-order valence-corrected chi connectivity index (χ0v) is 17.1. The average Bonchev–Trinajstić information content (AvgIpc) is 2.75. The van der Waals surface area contributed by atoms with Crippen molar-refractivity contribution < 1.29 is 9.18 Å². The van der Waals surface area contributed by atoms with Gasteiger partial charge in [-0.15, -0.1) is 0 Å². The fourth-order valence-electron chi connectivity index (χ4n) is 3.74. The standard InChI is InChI=1S/C23H24FN5O/c1-15-10-20(28-19-7-5-18(24)6-8-19)11-21(27-15)17-4-3-9-29(14-17)23(30)22-13-25-16(2)12-26-22/h5-8,10-13,17H,3-4,9,14H2,1-2H3,(H,27,28). The van der Waals surface area contributed by atoms with Crippen molar-refractivity contribution in [3.63, 3.8) is 0 Å². The molecule has 1 fully saturated rings. The third-order valence-electron chi connectivity index (χ3n) is 5.23. The summed E-state index contributed by atoms with van der Waals surface area (Å²) in [6, 6.07) is 10.2. The van der Waals surface area contributed by atoms with Crippen LogP contribution in [0.5, 0.6) is 0 Å². The molecule has 1 unspecified atom stereocenters. The van der Waals surface area contributed by atoms with Gasteiger partial charge in [0.1, 0.15) is 11.5 Å². The van der Waals surface area contributed by atoms with Crippen LogP contribution in [-0.4, -0.2) is 38.8 Å². The molecule has 1 aromatic carbocycles. The van der Waals surface area contributed by atoms with Gasteiger partial charge in [0.05, 0.1) is 11.9 Å². The molecule has 2 aromatic heterocycles. The SMILES string of the molecule is Cc1cnc(C(=O)N2CCCC(c3cc(Nc4ccc(F)cc4)cc(C)n3)C2)cn1. The van der Waals surface area contributed by atoms with Crippen molar-refractivity contribution in [2.75, 3.05) is 18.4 Å². The molecule has 0 aliphatic carbocycles. The highest BCUT2D eigenvalue weighted by molar-refractivity contribution is 5.92. The minimum Gasteiger partial charge on any atom is -0.355 e. The van der Waals surface area contributed by atoms with Crippen LogP contribution >= 0.6 is 0 Å². The summed E-state index contributed by atoms with van der Waals surface area (Å²) in [6.45, 7) is 5.10. The first-order valence-corrected chi connectivity index (χ1v) is 10.1. The first-order chi connectivity index (χ1) is 14.5. The Morgan fingerprint density at radius 3 is 2.60 bits per heavy atom. The smallest absolute Gasteiger partial charge is 0.274 e. The second-order valence-corrected chi connectivity index (χ2v) is 7.69. The van der Waals surface area contributed by atoms with Gasteiger partial charge in [-0.2, -0.15) is 0 Å². The van der Waals surface area contributed by atoms with Crippen LogP contribution in [0.2, 0.25) is 0 Å². The van der Waals surface area contributed by atoms with Crippen molar-refractivity contribution in [3.8, 4) is 0 Å². The molecule has 1 atom stereocenters. The van der Waals surface area contributed by atoms with Gasteiger partial charge in [-0.1, -0.05) is 0 Å². The lowest BCUT2D eigenvalue weighted by Gasteiger charge is -2.32. The number of amides is 1. The Morgan fingerprint density at radius 2 is 1.87 bits per heavy atom. The Balaban J connectivity index is 1.51. The lowest BCUT2D eigenvalue weighted by atomic mass is 9.93. The number of aryl methyl sites for hydroxylation is 2. The summed E-state index contributed by atoms with van der Waals surface area (Å²) in [5, 5.41) is 3.31. The number of carbonyl (C=O) groups excluding carboxylic acids is 1. The molecule has 0 bridgehead atoms. The van der Waals surface area contributed by atoms with Crippen LogP contribution in [0.3, 0.4) is 0 Å². The van der Waals surface area contributed by atoms with E-state index in [0.29, 0.717) is 18.8 Å². The van der Waals surface area contributed by atoms with Crippen molar-refractivity contribution in [1.29, 1.82) is 0 Å². The van der Waals surface area contributed by atoms with E-state index in [1.165, 1.54) is 18.3 Å². The predicted molar refractivity (Wildman–Crippen MR) is 113 cm³/mol. The normalized spacial score (nSPS) is 16.4. The molecule has 154 valence electrons. The number of aromatic nitrogens is 3. The van der Waals surface area contributed by atoms with Gasteiger partial charge < -0.3 is 10.2 Å². The molecule has 1 aliphatic heterocycles. The molecular formula is C23H24FN5O. The quantitative estimate of drug-likeness (QED) is 0.697. The Kier molecular flexibility index (Phi) is 5.70. The Morgan fingerprint density at radius 1 is 1.07 bits per heavy atom. The van der Waals surface area contributed by atoms with Crippen LogP contribution in [0, 0.1) is 19.7 Å². The number of pyridine rings is 1. The van der Waals surface area contributed by atoms with Crippen LogP contribution in [-0.2, 0) is 0 Å². The Bertz CT molecular complexity index is 1040. The highest BCUT2D eigenvalue weighted by atomic mass is 19.1. The Hall–Kier alpha value is -3.35. The maximum atomic E-state index is 13.2. The second kappa shape index (κ2) is 8.57. The number of nitrogens with zero attached hydrogens (tertiary/aromatic N) is 4. The predicted octanol–water partition coefficient (Wildman–Crippen LogP) is 4.39. The van der Waals surface area contributed by atoms with E-state index in [1.54, 1.807) is 18.3 Å². The molecule has 1 aliphatic rings. The number of hydrogen-bond acceptors (Lipinski definition) is 5. The van der Waals surface area contributed by atoms with E-state index in [1.807, 2.05) is 30.9 Å². The van der Waals surface area contributed by atoms with Crippen LogP contribution < -0.4 is 5.32 Å². The fraction of sp³-hybridized carbons (Fsp3) is 0.304. The third-order valence-corrected chi connectivity index (χ3v) is 5.23.